The molecular weight excluding hydrogens is 252 g/mol. The van der Waals surface area contributed by atoms with Crippen molar-refractivity contribution in [2.75, 3.05) is 6.61 Å². The van der Waals surface area contributed by atoms with Crippen LogP contribution in [0, 0.1) is 11.3 Å². The molecule has 0 aromatic heterocycles. The smallest absolute Gasteiger partial charge is 0.224 e. The van der Waals surface area contributed by atoms with Crippen LogP contribution in [0.5, 0.6) is 0 Å². The second-order valence-electron chi connectivity index (χ2n) is 5.36. The largest absolute Gasteiger partial charge is 0.373 e. The molecule has 0 saturated carbocycles. The number of hydrogen-bond donors (Lipinski definition) is 1. The van der Waals surface area contributed by atoms with Crippen LogP contribution in [0.4, 0.5) is 0 Å². The van der Waals surface area contributed by atoms with Gasteiger partial charge >= 0.3 is 0 Å². The fourth-order valence-corrected chi connectivity index (χ4v) is 2.37. The van der Waals surface area contributed by atoms with Gasteiger partial charge in [0.05, 0.1) is 25.2 Å². The van der Waals surface area contributed by atoms with Crippen molar-refractivity contribution in [3.8, 4) is 6.07 Å². The van der Waals surface area contributed by atoms with Crippen LogP contribution >= 0.6 is 0 Å². The van der Waals surface area contributed by atoms with Crippen molar-refractivity contribution in [1.82, 2.24) is 5.32 Å². The van der Waals surface area contributed by atoms with Gasteiger partial charge in [-0.1, -0.05) is 31.2 Å². The number of fused-ring (bicyclic) bond motifs is 1. The maximum absolute atomic E-state index is 12.1. The van der Waals surface area contributed by atoms with E-state index in [9.17, 15) is 4.79 Å². The summed E-state index contributed by atoms with van der Waals surface area (Å²) in [6, 6.07) is 10.2. The van der Waals surface area contributed by atoms with Gasteiger partial charge in [0.15, 0.2) is 0 Å². The van der Waals surface area contributed by atoms with Gasteiger partial charge in [-0.05, 0) is 30.9 Å². The average molecular weight is 272 g/mol. The second kappa shape index (κ2) is 6.06. The van der Waals surface area contributed by atoms with E-state index in [2.05, 4.69) is 17.5 Å². The van der Waals surface area contributed by atoms with Gasteiger partial charge in [0.1, 0.15) is 5.54 Å². The Labute approximate surface area is 119 Å². The lowest BCUT2D eigenvalue weighted by Crippen LogP contribution is -2.44. The third-order valence-corrected chi connectivity index (χ3v) is 3.83. The third kappa shape index (κ3) is 3.17. The molecule has 0 fully saturated rings. The van der Waals surface area contributed by atoms with Crippen molar-refractivity contribution in [1.29, 1.82) is 5.26 Å². The molecule has 0 aliphatic carbocycles. The highest BCUT2D eigenvalue weighted by Crippen LogP contribution is 2.29. The van der Waals surface area contributed by atoms with Gasteiger partial charge in [0.2, 0.25) is 5.91 Å². The lowest BCUT2D eigenvalue weighted by molar-refractivity contribution is -0.125. The Kier molecular flexibility index (Phi) is 4.41. The molecule has 20 heavy (non-hydrogen) atoms. The summed E-state index contributed by atoms with van der Waals surface area (Å²) < 4.78 is 5.71. The van der Waals surface area contributed by atoms with Crippen molar-refractivity contribution in [2.24, 2.45) is 0 Å². The van der Waals surface area contributed by atoms with Gasteiger partial charge < -0.3 is 10.1 Å². The number of nitrogens with one attached hydrogen (secondary N) is 1. The number of benzene rings is 1. The quantitative estimate of drug-likeness (QED) is 0.916. The molecule has 4 nitrogen and oxygen atoms in total. The summed E-state index contributed by atoms with van der Waals surface area (Å²) in [6.45, 7) is 4.26. The van der Waals surface area contributed by atoms with Gasteiger partial charge in [-0.15, -0.1) is 0 Å². The molecule has 0 spiro atoms. The molecular formula is C16H20N2O2. The molecule has 1 aliphatic heterocycles. The zero-order chi connectivity index (χ0) is 14.6. The van der Waals surface area contributed by atoms with E-state index in [1.165, 1.54) is 5.56 Å². The Morgan fingerprint density at radius 1 is 1.55 bits per heavy atom. The number of ether oxygens (including phenoxy) is 1. The highest BCUT2D eigenvalue weighted by Gasteiger charge is 2.27. The predicted octanol–water partition coefficient (Wildman–Crippen LogP) is 2.50. The van der Waals surface area contributed by atoms with Gasteiger partial charge in [-0.25, -0.2) is 0 Å². The van der Waals surface area contributed by atoms with Crippen molar-refractivity contribution >= 4 is 5.91 Å². The summed E-state index contributed by atoms with van der Waals surface area (Å²) in [7, 11) is 0. The molecule has 2 rings (SSSR count). The molecule has 1 aromatic carbocycles. The molecule has 1 aromatic rings. The summed E-state index contributed by atoms with van der Waals surface area (Å²) in [5.74, 6) is -0.141. The monoisotopic (exact) mass is 272 g/mol. The molecule has 2 atom stereocenters. The van der Waals surface area contributed by atoms with E-state index < -0.39 is 5.54 Å². The van der Waals surface area contributed by atoms with E-state index in [1.54, 1.807) is 6.92 Å². The number of carbonyl (C=O) groups is 1. The lowest BCUT2D eigenvalue weighted by atomic mass is 9.95. The minimum Gasteiger partial charge on any atom is -0.373 e. The Balaban J connectivity index is 2.05. The van der Waals surface area contributed by atoms with Gasteiger partial charge in [0, 0.05) is 0 Å². The Morgan fingerprint density at radius 2 is 2.30 bits per heavy atom. The van der Waals surface area contributed by atoms with Crippen LogP contribution < -0.4 is 5.32 Å². The molecule has 0 bridgehead atoms. The number of nitriles is 1. The molecule has 0 saturated heterocycles. The van der Waals surface area contributed by atoms with E-state index in [0.29, 0.717) is 13.0 Å². The van der Waals surface area contributed by atoms with E-state index >= 15 is 0 Å². The number of nitrogens with zero attached hydrogens (tertiary/aromatic N) is 1. The van der Waals surface area contributed by atoms with Crippen molar-refractivity contribution in [3.05, 3.63) is 35.4 Å². The molecule has 0 unspecified atom stereocenters. The lowest BCUT2D eigenvalue weighted by Gasteiger charge is -2.27. The second-order valence-corrected chi connectivity index (χ2v) is 5.36. The van der Waals surface area contributed by atoms with E-state index in [1.807, 2.05) is 25.1 Å². The van der Waals surface area contributed by atoms with Gasteiger partial charge in [0.25, 0.3) is 0 Å². The van der Waals surface area contributed by atoms with Crippen molar-refractivity contribution in [2.45, 2.75) is 44.8 Å². The van der Waals surface area contributed by atoms with Crippen LogP contribution in [0.2, 0.25) is 0 Å². The first-order valence-electron chi connectivity index (χ1n) is 6.99. The number of rotatable bonds is 4. The van der Waals surface area contributed by atoms with Gasteiger partial charge in [-0.3, -0.25) is 4.79 Å². The zero-order valence-electron chi connectivity index (χ0n) is 12.0. The third-order valence-electron chi connectivity index (χ3n) is 3.83. The summed E-state index contributed by atoms with van der Waals surface area (Å²) in [5, 5.41) is 11.9. The van der Waals surface area contributed by atoms with Crippen molar-refractivity contribution in [3.63, 3.8) is 0 Å². The summed E-state index contributed by atoms with van der Waals surface area (Å²) in [6.07, 6.45) is 1.52. The summed E-state index contributed by atoms with van der Waals surface area (Å²) in [5.41, 5.74) is 1.53. The van der Waals surface area contributed by atoms with Gasteiger partial charge in [-0.2, -0.15) is 5.26 Å². The molecule has 106 valence electrons. The van der Waals surface area contributed by atoms with Crippen LogP contribution in [0.15, 0.2) is 24.3 Å². The normalized spacial score (nSPS) is 20.4. The molecule has 4 heteroatoms. The topological polar surface area (TPSA) is 62.1 Å². The summed E-state index contributed by atoms with van der Waals surface area (Å²) >= 11 is 0. The number of hydrogen-bond acceptors (Lipinski definition) is 3. The van der Waals surface area contributed by atoms with Crippen LogP contribution in [0.1, 0.15) is 43.9 Å². The first-order chi connectivity index (χ1) is 9.58. The van der Waals surface area contributed by atoms with E-state index in [0.717, 1.165) is 12.0 Å². The van der Waals surface area contributed by atoms with Crippen LogP contribution in [-0.2, 0) is 16.0 Å². The first kappa shape index (κ1) is 14.5. The Bertz CT molecular complexity index is 536. The maximum atomic E-state index is 12.1. The fraction of sp³-hybridized carbons (Fsp3) is 0.500. The standard InChI is InChI=1S/C16H20N2O2/c1-3-16(2,11-17)18-15(19)10-14-13-7-5-4-6-12(13)8-9-20-14/h4-7,14H,3,8-10H2,1-2H3,(H,18,19)/t14-,16-/m1/s1. The zero-order valence-corrected chi connectivity index (χ0v) is 12.0. The van der Waals surface area contributed by atoms with Crippen LogP contribution in [0.25, 0.3) is 0 Å². The highest BCUT2D eigenvalue weighted by molar-refractivity contribution is 5.78. The molecule has 0 radical (unpaired) electrons. The molecule has 1 N–H and O–H groups in total. The Morgan fingerprint density at radius 3 is 3.00 bits per heavy atom. The van der Waals surface area contributed by atoms with Crippen LogP contribution in [-0.4, -0.2) is 18.1 Å². The highest BCUT2D eigenvalue weighted by atomic mass is 16.5. The van der Waals surface area contributed by atoms with E-state index in [-0.39, 0.29) is 18.4 Å². The molecule has 1 aliphatic rings. The van der Waals surface area contributed by atoms with E-state index in [4.69, 9.17) is 10.00 Å². The average Bonchev–Trinajstić information content (AvgIpc) is 2.47. The minimum absolute atomic E-state index is 0.141. The fourth-order valence-electron chi connectivity index (χ4n) is 2.37. The number of carbonyl (C=O) groups excluding carboxylic acids is 1. The van der Waals surface area contributed by atoms with Crippen LogP contribution in [0.3, 0.4) is 0 Å². The Hall–Kier alpha value is -1.86. The molecule has 1 amide bonds. The molecule has 1 heterocycles. The SMILES string of the molecule is CC[C@](C)(C#N)NC(=O)C[C@H]1OCCc2ccccc21. The minimum atomic E-state index is -0.800. The first-order valence-corrected chi connectivity index (χ1v) is 6.99. The number of amides is 1. The van der Waals surface area contributed by atoms with Crippen molar-refractivity contribution < 1.29 is 9.53 Å². The predicted molar refractivity (Wildman–Crippen MR) is 75.9 cm³/mol. The maximum Gasteiger partial charge on any atom is 0.224 e. The summed E-state index contributed by atoms with van der Waals surface area (Å²) in [4.78, 5) is 12.1.